The molecule has 1 amide bonds. The number of para-hydroxylation sites is 1. The first-order valence-corrected chi connectivity index (χ1v) is 8.63. The summed E-state index contributed by atoms with van der Waals surface area (Å²) in [5.74, 6) is -0.264. The van der Waals surface area contributed by atoms with Crippen LogP contribution in [0, 0.1) is 13.8 Å². The molecule has 0 bridgehead atoms. The molecule has 0 aliphatic heterocycles. The molecule has 0 unspecified atom stereocenters. The number of carbonyl (C=O) groups excluding carboxylic acids is 1. The molecule has 0 aliphatic carbocycles. The Labute approximate surface area is 158 Å². The molecule has 132 valence electrons. The third-order valence-corrected chi connectivity index (χ3v) is 4.38. The molecule has 0 aliphatic rings. The fraction of sp³-hybridized carbons (Fsp3) is 0.100. The van der Waals surface area contributed by atoms with E-state index >= 15 is 0 Å². The van der Waals surface area contributed by atoms with Crippen LogP contribution in [0.1, 0.15) is 21.5 Å². The molecule has 3 rings (SSSR count). The first-order chi connectivity index (χ1) is 12.6. The number of carbonyl (C=O) groups is 1. The number of thiocarbonyl (C=S) groups is 1. The number of amides is 1. The van der Waals surface area contributed by atoms with Gasteiger partial charge >= 0.3 is 0 Å². The highest BCUT2D eigenvalue weighted by Crippen LogP contribution is 2.18. The quantitative estimate of drug-likeness (QED) is 0.490. The number of aromatic nitrogens is 1. The van der Waals surface area contributed by atoms with E-state index in [-0.39, 0.29) is 5.91 Å². The van der Waals surface area contributed by atoms with Crippen LogP contribution in [0.15, 0.2) is 67.0 Å². The maximum atomic E-state index is 12.6. The Morgan fingerprint density at radius 2 is 1.65 bits per heavy atom. The van der Waals surface area contributed by atoms with E-state index in [1.165, 1.54) is 5.56 Å². The van der Waals surface area contributed by atoms with E-state index in [4.69, 9.17) is 12.2 Å². The molecule has 0 atom stereocenters. The fourth-order valence-corrected chi connectivity index (χ4v) is 2.77. The Hall–Kier alpha value is -3.12. The van der Waals surface area contributed by atoms with Crippen LogP contribution in [0.4, 0.5) is 5.69 Å². The number of rotatable bonds is 3. The lowest BCUT2D eigenvalue weighted by Gasteiger charge is -2.15. The van der Waals surface area contributed by atoms with Crippen molar-refractivity contribution in [2.75, 3.05) is 5.32 Å². The summed E-state index contributed by atoms with van der Waals surface area (Å²) in [5.41, 5.74) is 9.94. The first kappa shape index (κ1) is 17.7. The molecular weight excluding hydrogens is 344 g/mol. The molecule has 0 radical (unpaired) electrons. The zero-order chi connectivity index (χ0) is 18.5. The number of hydrazine groups is 1. The molecule has 6 heteroatoms. The predicted molar refractivity (Wildman–Crippen MR) is 109 cm³/mol. The Morgan fingerprint density at radius 1 is 0.923 bits per heavy atom. The van der Waals surface area contributed by atoms with Crippen molar-refractivity contribution in [1.82, 2.24) is 15.4 Å². The number of nitrogens with zero attached hydrogens (tertiary/aromatic N) is 1. The van der Waals surface area contributed by atoms with Gasteiger partial charge in [-0.1, -0.05) is 24.3 Å². The maximum absolute atomic E-state index is 12.6. The standard InChI is InChI=1S/C20H20N4OS/c1-14-8-7-10-17(15(14)2)21-20(26)23-22-19(25)16-9-3-4-11-18(16)24-12-5-6-13-24/h3-13H,1-2H3,(H,22,25)(H2,21,23,26). The first-order valence-electron chi connectivity index (χ1n) is 8.22. The van der Waals surface area contributed by atoms with Crippen LogP contribution in [0.25, 0.3) is 5.69 Å². The van der Waals surface area contributed by atoms with Gasteiger partial charge in [-0.15, -0.1) is 0 Å². The average molecular weight is 364 g/mol. The molecule has 0 fully saturated rings. The van der Waals surface area contributed by atoms with Gasteiger partial charge in [0.15, 0.2) is 5.11 Å². The summed E-state index contributed by atoms with van der Waals surface area (Å²) in [6.45, 7) is 4.06. The van der Waals surface area contributed by atoms with E-state index in [9.17, 15) is 4.79 Å². The summed E-state index contributed by atoms with van der Waals surface area (Å²) in [7, 11) is 0. The van der Waals surface area contributed by atoms with Gasteiger partial charge in [-0.05, 0) is 67.5 Å². The molecule has 5 nitrogen and oxygen atoms in total. The van der Waals surface area contributed by atoms with Gasteiger partial charge in [-0.3, -0.25) is 15.6 Å². The Balaban J connectivity index is 1.66. The third-order valence-electron chi connectivity index (χ3n) is 4.17. The zero-order valence-corrected chi connectivity index (χ0v) is 15.4. The van der Waals surface area contributed by atoms with Gasteiger partial charge in [0.25, 0.3) is 5.91 Å². The van der Waals surface area contributed by atoms with E-state index in [1.54, 1.807) is 6.07 Å². The van der Waals surface area contributed by atoms with E-state index in [2.05, 4.69) is 16.2 Å². The molecule has 1 heterocycles. The molecule has 0 saturated heterocycles. The van der Waals surface area contributed by atoms with E-state index in [0.29, 0.717) is 10.7 Å². The summed E-state index contributed by atoms with van der Waals surface area (Å²) in [5, 5.41) is 3.42. The smallest absolute Gasteiger partial charge is 0.271 e. The van der Waals surface area contributed by atoms with Gasteiger partial charge in [0.2, 0.25) is 0 Å². The Morgan fingerprint density at radius 3 is 2.42 bits per heavy atom. The summed E-state index contributed by atoms with van der Waals surface area (Å²) in [4.78, 5) is 12.6. The average Bonchev–Trinajstić information content (AvgIpc) is 3.18. The summed E-state index contributed by atoms with van der Waals surface area (Å²) in [6, 6.07) is 17.2. The number of aryl methyl sites for hydroxylation is 1. The van der Waals surface area contributed by atoms with Crippen molar-refractivity contribution in [3.05, 3.63) is 83.7 Å². The minimum Gasteiger partial charge on any atom is -0.331 e. The fourth-order valence-electron chi connectivity index (χ4n) is 2.61. The SMILES string of the molecule is Cc1cccc(NC(=S)NNC(=O)c2ccccc2-n2cccc2)c1C. The normalized spacial score (nSPS) is 10.2. The van der Waals surface area contributed by atoms with Crippen LogP contribution < -0.4 is 16.2 Å². The third kappa shape index (κ3) is 3.92. The molecular formula is C20H20N4OS. The molecule has 2 aromatic carbocycles. The van der Waals surface area contributed by atoms with Crippen molar-refractivity contribution in [3.8, 4) is 5.69 Å². The number of hydrogen-bond acceptors (Lipinski definition) is 2. The summed E-state index contributed by atoms with van der Waals surface area (Å²) >= 11 is 5.28. The van der Waals surface area contributed by atoms with Crippen molar-refractivity contribution < 1.29 is 4.79 Å². The van der Waals surface area contributed by atoms with Gasteiger partial charge in [0.05, 0.1) is 11.3 Å². The van der Waals surface area contributed by atoms with E-state index < -0.39 is 0 Å². The van der Waals surface area contributed by atoms with Crippen LogP contribution in [0.2, 0.25) is 0 Å². The minimum absolute atomic E-state index is 0.264. The second-order valence-electron chi connectivity index (χ2n) is 5.89. The highest BCUT2D eigenvalue weighted by Gasteiger charge is 2.12. The second-order valence-corrected chi connectivity index (χ2v) is 6.30. The summed E-state index contributed by atoms with van der Waals surface area (Å²) < 4.78 is 1.89. The maximum Gasteiger partial charge on any atom is 0.271 e. The number of hydrogen-bond donors (Lipinski definition) is 3. The monoisotopic (exact) mass is 364 g/mol. The van der Waals surface area contributed by atoms with Crippen LogP contribution in [0.3, 0.4) is 0 Å². The van der Waals surface area contributed by atoms with Crippen LogP contribution in [-0.4, -0.2) is 15.6 Å². The van der Waals surface area contributed by atoms with Crippen molar-refractivity contribution >= 4 is 28.9 Å². The van der Waals surface area contributed by atoms with Crippen LogP contribution in [-0.2, 0) is 0 Å². The van der Waals surface area contributed by atoms with Crippen LogP contribution >= 0.6 is 12.2 Å². The number of benzene rings is 2. The highest BCUT2D eigenvalue weighted by molar-refractivity contribution is 7.80. The molecule has 0 spiro atoms. The number of anilines is 1. The van der Waals surface area contributed by atoms with Crippen molar-refractivity contribution in [3.63, 3.8) is 0 Å². The molecule has 3 N–H and O–H groups in total. The van der Waals surface area contributed by atoms with Crippen LogP contribution in [0.5, 0.6) is 0 Å². The second kappa shape index (κ2) is 7.84. The highest BCUT2D eigenvalue weighted by atomic mass is 32.1. The lowest BCUT2D eigenvalue weighted by Crippen LogP contribution is -2.44. The molecule has 26 heavy (non-hydrogen) atoms. The van der Waals surface area contributed by atoms with Gasteiger partial charge in [-0.25, -0.2) is 0 Å². The molecule has 1 aromatic heterocycles. The minimum atomic E-state index is -0.264. The van der Waals surface area contributed by atoms with E-state index in [0.717, 1.165) is 16.9 Å². The van der Waals surface area contributed by atoms with Gasteiger partial charge < -0.3 is 9.88 Å². The van der Waals surface area contributed by atoms with Crippen molar-refractivity contribution in [1.29, 1.82) is 0 Å². The van der Waals surface area contributed by atoms with E-state index in [1.807, 2.05) is 79.3 Å². The Kier molecular flexibility index (Phi) is 5.34. The van der Waals surface area contributed by atoms with Gasteiger partial charge in [0.1, 0.15) is 0 Å². The Bertz CT molecular complexity index is 935. The molecule has 3 aromatic rings. The number of nitrogens with one attached hydrogen (secondary N) is 3. The predicted octanol–water partition coefficient (Wildman–Crippen LogP) is 3.73. The summed E-state index contributed by atoms with van der Waals surface area (Å²) in [6.07, 6.45) is 3.79. The molecule has 0 saturated carbocycles. The topological polar surface area (TPSA) is 58.1 Å². The zero-order valence-electron chi connectivity index (χ0n) is 14.6. The lowest BCUT2D eigenvalue weighted by atomic mass is 10.1. The van der Waals surface area contributed by atoms with Gasteiger partial charge in [0, 0.05) is 18.1 Å². The van der Waals surface area contributed by atoms with Crippen molar-refractivity contribution in [2.24, 2.45) is 0 Å². The lowest BCUT2D eigenvalue weighted by molar-refractivity contribution is 0.0944. The van der Waals surface area contributed by atoms with Crippen molar-refractivity contribution in [2.45, 2.75) is 13.8 Å². The van der Waals surface area contributed by atoms with Gasteiger partial charge in [-0.2, -0.15) is 0 Å². The largest absolute Gasteiger partial charge is 0.331 e.